The summed E-state index contributed by atoms with van der Waals surface area (Å²) in [7, 11) is 0. The van der Waals surface area contributed by atoms with Crippen molar-refractivity contribution in [1.29, 1.82) is 0 Å². The third-order valence-electron chi connectivity index (χ3n) is 3.71. The molecule has 0 atom stereocenters. The zero-order valence-corrected chi connectivity index (χ0v) is 13.3. The highest BCUT2D eigenvalue weighted by molar-refractivity contribution is 6.35. The maximum Gasteiger partial charge on any atom is 0.404 e. The molecule has 0 radical (unpaired) electrons. The van der Waals surface area contributed by atoms with Crippen LogP contribution in [0.15, 0.2) is 24.5 Å². The van der Waals surface area contributed by atoms with Crippen LogP contribution in [0.5, 0.6) is 0 Å². The third-order valence-corrected chi connectivity index (χ3v) is 3.71. The number of carbonyl (C=O) groups excluding carboxylic acids is 2. The van der Waals surface area contributed by atoms with E-state index in [1.54, 1.807) is 6.08 Å². The number of aromatic amines is 1. The van der Waals surface area contributed by atoms with E-state index in [1.807, 2.05) is 6.92 Å². The van der Waals surface area contributed by atoms with E-state index in [0.29, 0.717) is 22.5 Å². The quantitative estimate of drug-likeness (QED) is 0.741. The Bertz CT molecular complexity index is 915. The second-order valence-corrected chi connectivity index (χ2v) is 5.34. The second-order valence-electron chi connectivity index (χ2n) is 5.34. The molecule has 25 heavy (non-hydrogen) atoms. The molecule has 1 aliphatic rings. The van der Waals surface area contributed by atoms with E-state index < -0.39 is 11.9 Å². The molecule has 0 fully saturated rings. The molecule has 0 unspecified atom stereocenters. The molecule has 4 N–H and O–H groups in total. The molecule has 2 heterocycles. The van der Waals surface area contributed by atoms with Gasteiger partial charge < -0.3 is 20.8 Å². The van der Waals surface area contributed by atoms with Gasteiger partial charge >= 0.3 is 6.09 Å². The molecular formula is C17H15FN4O3. The lowest BCUT2D eigenvalue weighted by Gasteiger charge is -2.06. The van der Waals surface area contributed by atoms with Gasteiger partial charge in [0.15, 0.2) is 0 Å². The Morgan fingerprint density at radius 2 is 2.24 bits per heavy atom. The zero-order chi connectivity index (χ0) is 18.0. The van der Waals surface area contributed by atoms with Crippen molar-refractivity contribution in [3.8, 4) is 0 Å². The molecule has 0 bridgehead atoms. The van der Waals surface area contributed by atoms with E-state index in [-0.39, 0.29) is 18.1 Å². The van der Waals surface area contributed by atoms with Gasteiger partial charge in [-0.2, -0.15) is 0 Å². The largest absolute Gasteiger partial charge is 0.445 e. The number of hydrogen-bond donors (Lipinski definition) is 3. The lowest BCUT2D eigenvalue weighted by atomic mass is 9.98. The van der Waals surface area contributed by atoms with Crippen molar-refractivity contribution >= 4 is 35.4 Å². The number of H-pyrrole nitrogens is 1. The molecule has 2 aromatic rings. The lowest BCUT2D eigenvalue weighted by molar-refractivity contribution is -0.110. The number of aryl methyl sites for hydroxylation is 1. The maximum atomic E-state index is 14.3. The molecule has 0 saturated carbocycles. The predicted octanol–water partition coefficient (Wildman–Crippen LogP) is 2.46. The molecule has 0 aliphatic carbocycles. The molecule has 1 aromatic carbocycles. The fourth-order valence-corrected chi connectivity index (χ4v) is 2.54. The van der Waals surface area contributed by atoms with Gasteiger partial charge in [0.1, 0.15) is 12.4 Å². The minimum absolute atomic E-state index is 0.0999. The number of anilines is 1. The Hall–Kier alpha value is -3.42. The summed E-state index contributed by atoms with van der Waals surface area (Å²) in [6, 6.07) is 2.76. The van der Waals surface area contributed by atoms with Crippen LogP contribution in [0, 0.1) is 12.7 Å². The average molecular weight is 342 g/mol. The van der Waals surface area contributed by atoms with E-state index in [0.717, 1.165) is 5.69 Å². The Balaban J connectivity index is 2.04. The smallest absolute Gasteiger partial charge is 0.404 e. The van der Waals surface area contributed by atoms with Gasteiger partial charge in [-0.1, -0.05) is 6.08 Å². The third kappa shape index (κ3) is 3.27. The van der Waals surface area contributed by atoms with Crippen LogP contribution in [0.1, 0.15) is 22.5 Å². The van der Waals surface area contributed by atoms with Gasteiger partial charge in [-0.05, 0) is 31.2 Å². The van der Waals surface area contributed by atoms with Crippen LogP contribution in [0.4, 0.5) is 14.9 Å². The Kier molecular flexibility index (Phi) is 4.34. The highest BCUT2D eigenvalue weighted by Gasteiger charge is 2.28. The fraction of sp³-hybridized carbons (Fsp3) is 0.118. The molecular weight excluding hydrogens is 327 g/mol. The summed E-state index contributed by atoms with van der Waals surface area (Å²) in [6.45, 7) is 1.72. The Morgan fingerprint density at radius 1 is 1.44 bits per heavy atom. The summed E-state index contributed by atoms with van der Waals surface area (Å²) < 4.78 is 18.9. The number of halogens is 1. The van der Waals surface area contributed by atoms with Gasteiger partial charge in [0.05, 0.1) is 17.6 Å². The van der Waals surface area contributed by atoms with Crippen LogP contribution in [0.2, 0.25) is 0 Å². The number of imidazole rings is 1. The fourth-order valence-electron chi connectivity index (χ4n) is 2.54. The van der Waals surface area contributed by atoms with E-state index in [4.69, 9.17) is 5.73 Å². The second kappa shape index (κ2) is 6.60. The SMILES string of the molecule is Cc1[nH]cnc1/C=C1\C(=O)Nc2ccc(F)c(/C=C/COC(N)=O)c21. The van der Waals surface area contributed by atoms with Gasteiger partial charge in [0.2, 0.25) is 0 Å². The normalized spacial score (nSPS) is 14.8. The number of rotatable bonds is 4. The van der Waals surface area contributed by atoms with Crippen LogP contribution >= 0.6 is 0 Å². The maximum absolute atomic E-state index is 14.3. The molecule has 1 aromatic heterocycles. The minimum atomic E-state index is -0.921. The van der Waals surface area contributed by atoms with Crippen molar-refractivity contribution in [2.75, 3.05) is 11.9 Å². The van der Waals surface area contributed by atoms with Crippen molar-refractivity contribution in [1.82, 2.24) is 9.97 Å². The number of benzene rings is 1. The minimum Gasteiger partial charge on any atom is -0.445 e. The molecule has 8 heteroatoms. The summed E-state index contributed by atoms with van der Waals surface area (Å²) >= 11 is 0. The molecule has 0 spiro atoms. The van der Waals surface area contributed by atoms with Crippen molar-refractivity contribution < 1.29 is 18.7 Å². The Labute approximate surface area is 142 Å². The van der Waals surface area contributed by atoms with Crippen molar-refractivity contribution in [3.63, 3.8) is 0 Å². The summed E-state index contributed by atoms with van der Waals surface area (Å²) in [5, 5.41) is 2.70. The Morgan fingerprint density at radius 3 is 2.92 bits per heavy atom. The van der Waals surface area contributed by atoms with E-state index in [1.165, 1.54) is 30.6 Å². The van der Waals surface area contributed by atoms with Gasteiger partial charge in [-0.15, -0.1) is 0 Å². The predicted molar refractivity (Wildman–Crippen MR) is 90.8 cm³/mol. The topological polar surface area (TPSA) is 110 Å². The number of nitrogens with zero attached hydrogens (tertiary/aromatic N) is 1. The van der Waals surface area contributed by atoms with E-state index >= 15 is 0 Å². The monoisotopic (exact) mass is 342 g/mol. The van der Waals surface area contributed by atoms with Gasteiger partial charge in [0.25, 0.3) is 5.91 Å². The van der Waals surface area contributed by atoms with Crippen LogP contribution in [0.3, 0.4) is 0 Å². The number of aromatic nitrogens is 2. The first-order valence-corrected chi connectivity index (χ1v) is 7.42. The van der Waals surface area contributed by atoms with Gasteiger partial charge in [-0.25, -0.2) is 14.2 Å². The summed E-state index contributed by atoms with van der Waals surface area (Å²) in [5.74, 6) is -0.846. The number of hydrogen-bond acceptors (Lipinski definition) is 4. The molecule has 3 rings (SSSR count). The van der Waals surface area contributed by atoms with Gasteiger partial charge in [-0.3, -0.25) is 4.79 Å². The van der Waals surface area contributed by atoms with Gasteiger partial charge in [0, 0.05) is 22.5 Å². The van der Waals surface area contributed by atoms with Crippen LogP contribution in [-0.2, 0) is 9.53 Å². The first-order chi connectivity index (χ1) is 12.0. The molecule has 1 aliphatic heterocycles. The van der Waals surface area contributed by atoms with Crippen molar-refractivity contribution in [2.45, 2.75) is 6.92 Å². The number of amides is 2. The lowest BCUT2D eigenvalue weighted by Crippen LogP contribution is -2.12. The highest BCUT2D eigenvalue weighted by atomic mass is 19.1. The summed E-state index contributed by atoms with van der Waals surface area (Å²) in [6.07, 6.45) is 5.09. The average Bonchev–Trinajstić information content (AvgIpc) is 3.10. The first kappa shape index (κ1) is 16.4. The van der Waals surface area contributed by atoms with Crippen LogP contribution in [0.25, 0.3) is 17.7 Å². The molecule has 0 saturated heterocycles. The van der Waals surface area contributed by atoms with Crippen molar-refractivity contribution in [3.05, 3.63) is 52.9 Å². The number of fused-ring (bicyclic) bond motifs is 1. The zero-order valence-electron chi connectivity index (χ0n) is 13.3. The molecule has 2 amide bonds. The number of ether oxygens (including phenoxy) is 1. The first-order valence-electron chi connectivity index (χ1n) is 7.42. The number of primary amides is 1. The van der Waals surface area contributed by atoms with Crippen LogP contribution in [-0.4, -0.2) is 28.6 Å². The molecule has 7 nitrogen and oxygen atoms in total. The highest BCUT2D eigenvalue weighted by Crippen LogP contribution is 2.37. The van der Waals surface area contributed by atoms with E-state index in [2.05, 4.69) is 20.0 Å². The number of nitrogens with one attached hydrogen (secondary N) is 2. The summed E-state index contributed by atoms with van der Waals surface area (Å²) in [5.41, 5.74) is 7.71. The standard InChI is InChI=1S/C17H15FN4O3/c1-9-14(21-8-20-9)7-11-15-10(3-2-6-25-17(19)24)12(18)4-5-13(15)22-16(11)23/h2-5,7-8H,6H2,1H3,(H2,19,24)(H,20,21)(H,22,23)/b3-2+,11-7-. The van der Waals surface area contributed by atoms with E-state index in [9.17, 15) is 14.0 Å². The number of carbonyl (C=O) groups is 2. The number of nitrogens with two attached hydrogens (primary N) is 1. The summed E-state index contributed by atoms with van der Waals surface area (Å²) in [4.78, 5) is 30.0. The van der Waals surface area contributed by atoms with Crippen molar-refractivity contribution in [2.24, 2.45) is 5.73 Å². The molecule has 128 valence electrons. The van der Waals surface area contributed by atoms with Crippen LogP contribution < -0.4 is 11.1 Å².